The van der Waals surface area contributed by atoms with Crippen LogP contribution in [0.5, 0.6) is 5.75 Å². The summed E-state index contributed by atoms with van der Waals surface area (Å²) in [5.74, 6) is 1.53. The summed E-state index contributed by atoms with van der Waals surface area (Å²) in [6.07, 6.45) is 1.07. The van der Waals surface area contributed by atoms with Gasteiger partial charge in [0, 0.05) is 5.69 Å². The van der Waals surface area contributed by atoms with Gasteiger partial charge in [0.1, 0.15) is 5.75 Å². The maximum atomic E-state index is 5.62. The molecule has 2 nitrogen and oxygen atoms in total. The zero-order valence-corrected chi connectivity index (χ0v) is 10.2. The fourth-order valence-electron chi connectivity index (χ4n) is 1.04. The molecular formula is C11H16BrNO. The molecule has 0 amide bonds. The van der Waals surface area contributed by atoms with E-state index in [9.17, 15) is 0 Å². The Labute approximate surface area is 93.6 Å². The quantitative estimate of drug-likeness (QED) is 0.839. The number of ether oxygens (including phenoxy) is 1. The highest BCUT2D eigenvalue weighted by Gasteiger charge is 2.01. The van der Waals surface area contributed by atoms with E-state index < -0.39 is 0 Å². The smallest absolute Gasteiger partial charge is 0.133 e. The van der Waals surface area contributed by atoms with Gasteiger partial charge in [0.2, 0.25) is 0 Å². The highest BCUT2D eigenvalue weighted by Crippen LogP contribution is 2.27. The minimum atomic E-state index is 0.669. The van der Waals surface area contributed by atoms with E-state index in [-0.39, 0.29) is 0 Å². The maximum absolute atomic E-state index is 5.62. The Hall–Kier alpha value is -0.700. The van der Waals surface area contributed by atoms with Crippen LogP contribution in [0.15, 0.2) is 22.7 Å². The third kappa shape index (κ3) is 3.58. The minimum Gasteiger partial charge on any atom is -0.492 e. The topological polar surface area (TPSA) is 35.2 Å². The lowest BCUT2D eigenvalue weighted by atomic mass is 10.1. The first-order chi connectivity index (χ1) is 6.59. The largest absolute Gasteiger partial charge is 0.492 e. The van der Waals surface area contributed by atoms with Crippen molar-refractivity contribution in [2.75, 3.05) is 12.3 Å². The molecule has 2 N–H and O–H groups in total. The Bertz CT molecular complexity index is 299. The third-order valence-electron chi connectivity index (χ3n) is 1.91. The zero-order chi connectivity index (χ0) is 10.6. The van der Waals surface area contributed by atoms with Crippen LogP contribution in [-0.4, -0.2) is 6.61 Å². The van der Waals surface area contributed by atoms with E-state index in [1.807, 2.05) is 18.2 Å². The minimum absolute atomic E-state index is 0.669. The molecule has 0 aliphatic carbocycles. The molecule has 0 saturated carbocycles. The van der Waals surface area contributed by atoms with Crippen LogP contribution in [0.3, 0.4) is 0 Å². The van der Waals surface area contributed by atoms with Crippen LogP contribution in [0.2, 0.25) is 0 Å². The van der Waals surface area contributed by atoms with Crippen molar-refractivity contribution in [2.45, 2.75) is 20.3 Å². The third-order valence-corrected chi connectivity index (χ3v) is 2.53. The first-order valence-electron chi connectivity index (χ1n) is 4.77. The second-order valence-electron chi connectivity index (χ2n) is 3.72. The van der Waals surface area contributed by atoms with Gasteiger partial charge in [-0.1, -0.05) is 13.8 Å². The molecule has 1 rings (SSSR count). The summed E-state index contributed by atoms with van der Waals surface area (Å²) >= 11 is 3.41. The normalized spacial score (nSPS) is 10.6. The summed E-state index contributed by atoms with van der Waals surface area (Å²) in [6.45, 7) is 5.11. The van der Waals surface area contributed by atoms with Crippen LogP contribution in [0.25, 0.3) is 0 Å². The second kappa shape index (κ2) is 5.25. The molecule has 0 unspecified atom stereocenters. The number of halogens is 1. The summed E-state index contributed by atoms with van der Waals surface area (Å²) in [4.78, 5) is 0. The number of rotatable bonds is 4. The van der Waals surface area contributed by atoms with E-state index in [1.54, 1.807) is 0 Å². The summed E-state index contributed by atoms with van der Waals surface area (Å²) in [5.41, 5.74) is 6.36. The predicted octanol–water partition coefficient (Wildman–Crippen LogP) is 3.46. The molecule has 78 valence electrons. The van der Waals surface area contributed by atoms with E-state index in [4.69, 9.17) is 10.5 Å². The highest BCUT2D eigenvalue weighted by atomic mass is 79.9. The molecule has 3 heteroatoms. The lowest BCUT2D eigenvalue weighted by molar-refractivity contribution is 0.288. The number of hydrogen-bond acceptors (Lipinski definition) is 2. The van der Waals surface area contributed by atoms with Gasteiger partial charge in [0.05, 0.1) is 11.1 Å². The van der Waals surface area contributed by atoms with Gasteiger partial charge in [-0.2, -0.15) is 0 Å². The van der Waals surface area contributed by atoms with Gasteiger partial charge in [-0.15, -0.1) is 0 Å². The van der Waals surface area contributed by atoms with Crippen LogP contribution in [-0.2, 0) is 0 Å². The number of nitrogens with two attached hydrogens (primary N) is 1. The van der Waals surface area contributed by atoms with E-state index in [2.05, 4.69) is 29.8 Å². The van der Waals surface area contributed by atoms with Gasteiger partial charge in [0.25, 0.3) is 0 Å². The van der Waals surface area contributed by atoms with Crippen molar-refractivity contribution in [3.63, 3.8) is 0 Å². The molecule has 0 saturated heterocycles. The number of benzene rings is 1. The molecule has 0 aliphatic heterocycles. The number of anilines is 1. The molecule has 0 bridgehead atoms. The monoisotopic (exact) mass is 257 g/mol. The van der Waals surface area contributed by atoms with Crippen molar-refractivity contribution < 1.29 is 4.74 Å². The second-order valence-corrected chi connectivity index (χ2v) is 4.58. The Kier molecular flexibility index (Phi) is 4.26. The lowest BCUT2D eigenvalue weighted by Gasteiger charge is -2.09. The van der Waals surface area contributed by atoms with Crippen LogP contribution in [0, 0.1) is 5.92 Å². The van der Waals surface area contributed by atoms with Crippen molar-refractivity contribution >= 4 is 21.6 Å². The standard InChI is InChI=1S/C11H16BrNO/c1-8(2)5-6-14-11-4-3-9(13)7-10(11)12/h3-4,7-8H,5-6,13H2,1-2H3. The molecule has 0 heterocycles. The molecular weight excluding hydrogens is 242 g/mol. The summed E-state index contributed by atoms with van der Waals surface area (Å²) in [6, 6.07) is 5.58. The average molecular weight is 258 g/mol. The fourth-order valence-corrected chi connectivity index (χ4v) is 1.55. The molecule has 0 radical (unpaired) electrons. The van der Waals surface area contributed by atoms with Crippen molar-refractivity contribution in [2.24, 2.45) is 5.92 Å². The Balaban J connectivity index is 2.51. The number of nitrogen functional groups attached to an aromatic ring is 1. The Morgan fingerprint density at radius 3 is 2.71 bits per heavy atom. The molecule has 0 fully saturated rings. The molecule has 0 spiro atoms. The number of hydrogen-bond donors (Lipinski definition) is 1. The predicted molar refractivity (Wildman–Crippen MR) is 63.5 cm³/mol. The van der Waals surface area contributed by atoms with Crippen LogP contribution in [0.1, 0.15) is 20.3 Å². The molecule has 1 aromatic rings. The molecule has 0 aromatic heterocycles. The van der Waals surface area contributed by atoms with Crippen molar-refractivity contribution in [1.29, 1.82) is 0 Å². The summed E-state index contributed by atoms with van der Waals surface area (Å²) < 4.78 is 6.52. The SMILES string of the molecule is CC(C)CCOc1ccc(N)cc1Br. The summed E-state index contributed by atoms with van der Waals surface area (Å²) in [7, 11) is 0. The van der Waals surface area contributed by atoms with Gasteiger partial charge >= 0.3 is 0 Å². The fraction of sp³-hybridized carbons (Fsp3) is 0.455. The summed E-state index contributed by atoms with van der Waals surface area (Å²) in [5, 5.41) is 0. The van der Waals surface area contributed by atoms with Gasteiger partial charge in [-0.3, -0.25) is 0 Å². The van der Waals surface area contributed by atoms with Crippen molar-refractivity contribution in [3.8, 4) is 5.75 Å². The molecule has 0 aliphatic rings. The van der Waals surface area contributed by atoms with Crippen LogP contribution in [0.4, 0.5) is 5.69 Å². The van der Waals surface area contributed by atoms with Crippen molar-refractivity contribution in [3.05, 3.63) is 22.7 Å². The van der Waals surface area contributed by atoms with E-state index in [0.29, 0.717) is 5.92 Å². The van der Waals surface area contributed by atoms with Gasteiger partial charge in [-0.25, -0.2) is 0 Å². The van der Waals surface area contributed by atoms with Gasteiger partial charge in [-0.05, 0) is 46.5 Å². The van der Waals surface area contributed by atoms with Crippen LogP contribution < -0.4 is 10.5 Å². The Morgan fingerprint density at radius 2 is 2.14 bits per heavy atom. The molecule has 14 heavy (non-hydrogen) atoms. The van der Waals surface area contributed by atoms with E-state index in [0.717, 1.165) is 28.9 Å². The zero-order valence-electron chi connectivity index (χ0n) is 8.59. The van der Waals surface area contributed by atoms with Crippen molar-refractivity contribution in [1.82, 2.24) is 0 Å². The maximum Gasteiger partial charge on any atom is 0.133 e. The molecule has 0 atom stereocenters. The van der Waals surface area contributed by atoms with Crippen LogP contribution >= 0.6 is 15.9 Å². The molecule has 1 aromatic carbocycles. The van der Waals surface area contributed by atoms with E-state index in [1.165, 1.54) is 0 Å². The van der Waals surface area contributed by atoms with Gasteiger partial charge in [0.15, 0.2) is 0 Å². The Morgan fingerprint density at radius 1 is 1.43 bits per heavy atom. The van der Waals surface area contributed by atoms with E-state index >= 15 is 0 Å². The highest BCUT2D eigenvalue weighted by molar-refractivity contribution is 9.10. The first kappa shape index (κ1) is 11.4. The lowest BCUT2D eigenvalue weighted by Crippen LogP contribution is -2.01. The first-order valence-corrected chi connectivity index (χ1v) is 5.56. The average Bonchev–Trinajstić information content (AvgIpc) is 2.08. The van der Waals surface area contributed by atoms with Gasteiger partial charge < -0.3 is 10.5 Å².